The molecule has 1 aliphatic rings. The summed E-state index contributed by atoms with van der Waals surface area (Å²) in [5.74, 6) is 0.145. The molecule has 0 spiro atoms. The Bertz CT molecular complexity index is 209. The first-order valence-electron chi connectivity index (χ1n) is 5.80. The largest absolute Gasteiger partial charge is 0.378 e. The van der Waals surface area contributed by atoms with Gasteiger partial charge >= 0.3 is 0 Å². The first-order valence-corrected chi connectivity index (χ1v) is 5.80. The second kappa shape index (κ2) is 6.08. The van der Waals surface area contributed by atoms with Crippen molar-refractivity contribution in [2.24, 2.45) is 11.7 Å². The third kappa shape index (κ3) is 3.80. The highest BCUT2D eigenvalue weighted by Gasteiger charge is 2.30. The molecular formula is C11H22N2O2. The smallest absolute Gasteiger partial charge is 0.225 e. The summed E-state index contributed by atoms with van der Waals surface area (Å²) < 4.78 is 5.35. The van der Waals surface area contributed by atoms with E-state index in [1.54, 1.807) is 0 Å². The van der Waals surface area contributed by atoms with Gasteiger partial charge in [0, 0.05) is 19.2 Å². The van der Waals surface area contributed by atoms with Crippen LogP contribution >= 0.6 is 0 Å². The third-order valence-electron chi connectivity index (χ3n) is 3.05. The molecule has 1 fully saturated rings. The van der Waals surface area contributed by atoms with Crippen LogP contribution in [0, 0.1) is 5.92 Å². The summed E-state index contributed by atoms with van der Waals surface area (Å²) in [7, 11) is 0. The van der Waals surface area contributed by atoms with Crippen LogP contribution in [0.5, 0.6) is 0 Å². The van der Waals surface area contributed by atoms with Gasteiger partial charge < -0.3 is 15.8 Å². The van der Waals surface area contributed by atoms with Gasteiger partial charge in [-0.1, -0.05) is 6.92 Å². The minimum absolute atomic E-state index is 0.0304. The van der Waals surface area contributed by atoms with Crippen molar-refractivity contribution in [1.82, 2.24) is 5.32 Å². The molecule has 15 heavy (non-hydrogen) atoms. The highest BCUT2D eigenvalue weighted by atomic mass is 16.5. The first-order chi connectivity index (χ1) is 7.15. The Labute approximate surface area is 91.5 Å². The minimum Gasteiger partial charge on any atom is -0.378 e. The zero-order valence-electron chi connectivity index (χ0n) is 9.66. The Morgan fingerprint density at radius 2 is 2.40 bits per heavy atom. The number of hydrogen-bond acceptors (Lipinski definition) is 3. The van der Waals surface area contributed by atoms with Crippen molar-refractivity contribution in [1.29, 1.82) is 0 Å². The molecular weight excluding hydrogens is 192 g/mol. The van der Waals surface area contributed by atoms with Crippen LogP contribution in [0.2, 0.25) is 0 Å². The van der Waals surface area contributed by atoms with E-state index in [0.29, 0.717) is 13.2 Å². The van der Waals surface area contributed by atoms with E-state index in [4.69, 9.17) is 10.5 Å². The van der Waals surface area contributed by atoms with Crippen LogP contribution in [0.25, 0.3) is 0 Å². The van der Waals surface area contributed by atoms with Crippen LogP contribution in [0.4, 0.5) is 0 Å². The maximum absolute atomic E-state index is 11.7. The zero-order valence-corrected chi connectivity index (χ0v) is 9.66. The number of nitrogens with two attached hydrogens (primary N) is 1. The molecule has 4 heteroatoms. The van der Waals surface area contributed by atoms with Crippen LogP contribution in [-0.2, 0) is 9.53 Å². The molecule has 1 rings (SSSR count). The molecule has 0 aromatic carbocycles. The Hall–Kier alpha value is -0.610. The topological polar surface area (TPSA) is 64.3 Å². The van der Waals surface area contributed by atoms with E-state index in [1.807, 2.05) is 6.92 Å². The van der Waals surface area contributed by atoms with E-state index in [1.165, 1.54) is 0 Å². The molecule has 0 aromatic rings. The summed E-state index contributed by atoms with van der Waals surface area (Å²) in [4.78, 5) is 11.7. The fourth-order valence-corrected chi connectivity index (χ4v) is 1.79. The van der Waals surface area contributed by atoms with Crippen LogP contribution in [0.15, 0.2) is 0 Å². The molecule has 3 atom stereocenters. The lowest BCUT2D eigenvalue weighted by atomic mass is 10.0. The molecule has 3 unspecified atom stereocenters. The van der Waals surface area contributed by atoms with Gasteiger partial charge in [0.15, 0.2) is 0 Å². The normalized spacial score (nSPS) is 27.7. The molecule has 0 aliphatic carbocycles. The van der Waals surface area contributed by atoms with Crippen LogP contribution in [-0.4, -0.2) is 31.2 Å². The predicted molar refractivity (Wildman–Crippen MR) is 59.4 cm³/mol. The van der Waals surface area contributed by atoms with E-state index in [0.717, 1.165) is 19.3 Å². The van der Waals surface area contributed by atoms with E-state index in [2.05, 4.69) is 12.2 Å². The molecule has 1 saturated heterocycles. The molecule has 88 valence electrons. The predicted octanol–water partition coefficient (Wildman–Crippen LogP) is 0.655. The van der Waals surface area contributed by atoms with Crippen molar-refractivity contribution in [3.63, 3.8) is 0 Å². The fraction of sp³-hybridized carbons (Fsp3) is 0.909. The maximum Gasteiger partial charge on any atom is 0.225 e. The fourth-order valence-electron chi connectivity index (χ4n) is 1.79. The summed E-state index contributed by atoms with van der Waals surface area (Å²) in [6, 6.07) is 0.197. The van der Waals surface area contributed by atoms with Crippen molar-refractivity contribution in [2.75, 3.05) is 13.2 Å². The van der Waals surface area contributed by atoms with E-state index in [9.17, 15) is 4.79 Å². The SMILES string of the molecule is CCC(N)CCNC(=O)C1CCOC1C. The van der Waals surface area contributed by atoms with Crippen LogP contribution in [0.3, 0.4) is 0 Å². The van der Waals surface area contributed by atoms with E-state index in [-0.39, 0.29) is 24.0 Å². The number of carbonyl (C=O) groups is 1. The molecule has 1 heterocycles. The molecule has 1 amide bonds. The maximum atomic E-state index is 11.7. The lowest BCUT2D eigenvalue weighted by molar-refractivity contribution is -0.126. The molecule has 3 N–H and O–H groups in total. The minimum atomic E-state index is 0.0304. The Morgan fingerprint density at radius 3 is 2.93 bits per heavy atom. The number of rotatable bonds is 5. The molecule has 0 radical (unpaired) electrons. The number of carbonyl (C=O) groups excluding carboxylic acids is 1. The Morgan fingerprint density at radius 1 is 1.67 bits per heavy atom. The molecule has 0 saturated carbocycles. The third-order valence-corrected chi connectivity index (χ3v) is 3.05. The highest BCUT2D eigenvalue weighted by Crippen LogP contribution is 2.20. The molecule has 0 aromatic heterocycles. The van der Waals surface area contributed by atoms with Gasteiger partial charge in [0.2, 0.25) is 5.91 Å². The molecule has 4 nitrogen and oxygen atoms in total. The van der Waals surface area contributed by atoms with E-state index >= 15 is 0 Å². The first kappa shape index (κ1) is 12.5. The van der Waals surface area contributed by atoms with Crippen molar-refractivity contribution in [3.05, 3.63) is 0 Å². The standard InChI is InChI=1S/C11H22N2O2/c1-3-9(12)4-6-13-11(14)10-5-7-15-8(10)2/h8-10H,3-7,12H2,1-2H3,(H,13,14). The molecule has 0 bridgehead atoms. The number of hydrogen-bond donors (Lipinski definition) is 2. The summed E-state index contributed by atoms with van der Waals surface area (Å²) in [5, 5.41) is 2.92. The average molecular weight is 214 g/mol. The van der Waals surface area contributed by atoms with Gasteiger partial charge in [0.1, 0.15) is 0 Å². The van der Waals surface area contributed by atoms with Gasteiger partial charge in [0.25, 0.3) is 0 Å². The lowest BCUT2D eigenvalue weighted by Crippen LogP contribution is -2.36. The zero-order chi connectivity index (χ0) is 11.3. The van der Waals surface area contributed by atoms with Crippen molar-refractivity contribution < 1.29 is 9.53 Å². The van der Waals surface area contributed by atoms with Gasteiger partial charge in [-0.2, -0.15) is 0 Å². The van der Waals surface area contributed by atoms with Crippen molar-refractivity contribution in [2.45, 2.75) is 45.3 Å². The Balaban J connectivity index is 2.18. The summed E-state index contributed by atoms with van der Waals surface area (Å²) in [6.45, 7) is 5.39. The quantitative estimate of drug-likeness (QED) is 0.706. The van der Waals surface area contributed by atoms with Gasteiger partial charge in [-0.15, -0.1) is 0 Å². The summed E-state index contributed by atoms with van der Waals surface area (Å²) >= 11 is 0. The summed E-state index contributed by atoms with van der Waals surface area (Å²) in [5.41, 5.74) is 5.76. The lowest BCUT2D eigenvalue weighted by Gasteiger charge is -2.15. The van der Waals surface area contributed by atoms with Gasteiger partial charge in [0.05, 0.1) is 12.0 Å². The average Bonchev–Trinajstić information content (AvgIpc) is 2.64. The highest BCUT2D eigenvalue weighted by molar-refractivity contribution is 5.79. The van der Waals surface area contributed by atoms with Gasteiger partial charge in [-0.3, -0.25) is 4.79 Å². The van der Waals surface area contributed by atoms with Gasteiger partial charge in [-0.05, 0) is 26.2 Å². The number of nitrogens with one attached hydrogen (secondary N) is 1. The van der Waals surface area contributed by atoms with E-state index < -0.39 is 0 Å². The van der Waals surface area contributed by atoms with Gasteiger partial charge in [-0.25, -0.2) is 0 Å². The molecule has 1 aliphatic heterocycles. The summed E-state index contributed by atoms with van der Waals surface area (Å²) in [6.07, 6.45) is 2.71. The van der Waals surface area contributed by atoms with Crippen LogP contribution in [0.1, 0.15) is 33.1 Å². The number of amides is 1. The Kier molecular flexibility index (Phi) is 5.05. The second-order valence-electron chi connectivity index (χ2n) is 4.22. The van der Waals surface area contributed by atoms with Crippen molar-refractivity contribution in [3.8, 4) is 0 Å². The van der Waals surface area contributed by atoms with Crippen molar-refractivity contribution >= 4 is 5.91 Å². The van der Waals surface area contributed by atoms with Crippen LogP contribution < -0.4 is 11.1 Å². The number of ether oxygens (including phenoxy) is 1. The second-order valence-corrected chi connectivity index (χ2v) is 4.22. The monoisotopic (exact) mass is 214 g/mol.